The van der Waals surface area contributed by atoms with Crippen molar-refractivity contribution in [3.63, 3.8) is 0 Å². The molecule has 0 spiro atoms. The van der Waals surface area contributed by atoms with Gasteiger partial charge in [0.1, 0.15) is 10.9 Å². The molecule has 4 heterocycles. The zero-order chi connectivity index (χ0) is 24.4. The van der Waals surface area contributed by atoms with Gasteiger partial charge in [-0.05, 0) is 43.5 Å². The van der Waals surface area contributed by atoms with Crippen LogP contribution in [0.15, 0.2) is 90.6 Å². The summed E-state index contributed by atoms with van der Waals surface area (Å²) < 4.78 is 29.3. The fourth-order valence-electron chi connectivity index (χ4n) is 5.16. The van der Waals surface area contributed by atoms with Crippen LogP contribution >= 0.6 is 0 Å². The smallest absolute Gasteiger partial charge is 0.245 e. The molecule has 2 bridgehead atoms. The molecule has 3 aromatic rings. The minimum atomic E-state index is -3.96. The van der Waals surface area contributed by atoms with Crippen molar-refractivity contribution in [2.45, 2.75) is 42.8 Å². The number of pyridine rings is 2. The Hall–Kier alpha value is -3.36. The number of sulfonamides is 1. The van der Waals surface area contributed by atoms with Crippen molar-refractivity contribution in [2.75, 3.05) is 6.54 Å². The zero-order valence-corrected chi connectivity index (χ0v) is 20.2. The number of amides is 1. The monoisotopic (exact) mass is 488 g/mol. The Labute approximate surface area is 206 Å². The van der Waals surface area contributed by atoms with E-state index >= 15 is 0 Å². The lowest BCUT2D eigenvalue weighted by Crippen LogP contribution is -2.54. The number of carbonyl (C=O) groups is 1. The molecule has 1 amide bonds. The van der Waals surface area contributed by atoms with E-state index in [-0.39, 0.29) is 22.8 Å². The number of hydrogen-bond acceptors (Lipinski definition) is 5. The van der Waals surface area contributed by atoms with Crippen LogP contribution in [-0.4, -0.2) is 52.1 Å². The first kappa shape index (κ1) is 23.4. The van der Waals surface area contributed by atoms with Gasteiger partial charge in [0, 0.05) is 36.5 Å². The molecule has 2 fully saturated rings. The van der Waals surface area contributed by atoms with E-state index < -0.39 is 16.1 Å². The molecule has 0 unspecified atom stereocenters. The molecule has 0 radical (unpaired) electrons. The molecule has 3 atom stereocenters. The van der Waals surface area contributed by atoms with Crippen molar-refractivity contribution in [3.05, 3.63) is 91.4 Å². The van der Waals surface area contributed by atoms with Gasteiger partial charge in [-0.15, -0.1) is 6.58 Å². The molecule has 0 aliphatic carbocycles. The van der Waals surface area contributed by atoms with Crippen molar-refractivity contribution in [1.82, 2.24) is 19.2 Å². The number of piperidine rings is 1. The highest BCUT2D eigenvalue weighted by molar-refractivity contribution is 7.89. The van der Waals surface area contributed by atoms with Gasteiger partial charge in [0.25, 0.3) is 0 Å². The number of aromatic nitrogens is 2. The average molecular weight is 489 g/mol. The maximum absolute atomic E-state index is 13.9. The SMILES string of the molecule is C=C[C@@H]1CN(Cc2ccccn2)C(=O)[C@@H]2CCC[C@H]1N2S(=O)(=O)c1ccc(-c2ccccc2)nc1. The molecule has 8 heteroatoms. The summed E-state index contributed by atoms with van der Waals surface area (Å²) in [6.45, 7) is 4.74. The highest BCUT2D eigenvalue weighted by atomic mass is 32.2. The van der Waals surface area contributed by atoms with Gasteiger partial charge < -0.3 is 4.90 Å². The molecule has 2 saturated heterocycles. The van der Waals surface area contributed by atoms with Gasteiger partial charge in [-0.3, -0.25) is 14.8 Å². The summed E-state index contributed by atoms with van der Waals surface area (Å²) in [5.74, 6) is -0.360. The summed E-state index contributed by atoms with van der Waals surface area (Å²) in [5.41, 5.74) is 2.38. The lowest BCUT2D eigenvalue weighted by atomic mass is 9.90. The van der Waals surface area contributed by atoms with E-state index in [4.69, 9.17) is 0 Å². The molecule has 35 heavy (non-hydrogen) atoms. The summed E-state index contributed by atoms with van der Waals surface area (Å²) in [5, 5.41) is 0. The molecule has 2 aliphatic rings. The molecule has 7 nitrogen and oxygen atoms in total. The van der Waals surface area contributed by atoms with Crippen LogP contribution in [-0.2, 0) is 21.4 Å². The Morgan fingerprint density at radius 3 is 2.49 bits per heavy atom. The lowest BCUT2D eigenvalue weighted by molar-refractivity contribution is -0.135. The molecule has 5 rings (SSSR count). The third kappa shape index (κ3) is 4.51. The van der Waals surface area contributed by atoms with E-state index in [1.165, 1.54) is 10.5 Å². The summed E-state index contributed by atoms with van der Waals surface area (Å²) in [7, 11) is -3.96. The largest absolute Gasteiger partial charge is 0.335 e. The Balaban J connectivity index is 1.49. The van der Waals surface area contributed by atoms with Crippen molar-refractivity contribution in [3.8, 4) is 11.3 Å². The van der Waals surface area contributed by atoms with E-state index in [0.717, 1.165) is 17.7 Å². The highest BCUT2D eigenvalue weighted by Crippen LogP contribution is 2.37. The van der Waals surface area contributed by atoms with Gasteiger partial charge in [0.2, 0.25) is 15.9 Å². The molecule has 0 saturated carbocycles. The summed E-state index contributed by atoms with van der Waals surface area (Å²) >= 11 is 0. The van der Waals surface area contributed by atoms with E-state index in [1.807, 2.05) is 48.5 Å². The molecular formula is C27H28N4O3S. The van der Waals surface area contributed by atoms with Gasteiger partial charge in [0.15, 0.2) is 0 Å². The summed E-state index contributed by atoms with van der Waals surface area (Å²) in [6, 6.07) is 17.4. The van der Waals surface area contributed by atoms with E-state index in [9.17, 15) is 13.2 Å². The zero-order valence-electron chi connectivity index (χ0n) is 19.4. The van der Waals surface area contributed by atoms with Crippen LogP contribution in [0.25, 0.3) is 11.3 Å². The topological polar surface area (TPSA) is 83.5 Å². The van der Waals surface area contributed by atoms with Gasteiger partial charge in [-0.1, -0.05) is 42.5 Å². The van der Waals surface area contributed by atoms with Crippen molar-refractivity contribution < 1.29 is 13.2 Å². The van der Waals surface area contributed by atoms with E-state index in [2.05, 4.69) is 16.5 Å². The first-order valence-corrected chi connectivity index (χ1v) is 13.3. The molecule has 2 aromatic heterocycles. The third-order valence-corrected chi connectivity index (χ3v) is 8.81. The van der Waals surface area contributed by atoms with Gasteiger partial charge >= 0.3 is 0 Å². The predicted octanol–water partition coefficient (Wildman–Crippen LogP) is 3.90. The minimum Gasteiger partial charge on any atom is -0.335 e. The standard InChI is InChI=1S/C27H28N4O3S/c1-2-20-18-30(19-22-11-6-7-16-28-22)27(32)26-13-8-12-25(20)31(26)35(33,34)23-14-15-24(29-17-23)21-9-4-3-5-10-21/h2-7,9-11,14-17,20,25-26H,1,8,12-13,18-19H2/t20-,25-,26+/m1/s1. The lowest BCUT2D eigenvalue weighted by Gasteiger charge is -2.40. The Bertz CT molecular complexity index is 1300. The second kappa shape index (κ2) is 9.71. The second-order valence-corrected chi connectivity index (χ2v) is 10.9. The van der Waals surface area contributed by atoms with Crippen molar-refractivity contribution >= 4 is 15.9 Å². The molecule has 2 aliphatic heterocycles. The van der Waals surface area contributed by atoms with Gasteiger partial charge in [-0.2, -0.15) is 4.31 Å². The number of hydrogen-bond donors (Lipinski definition) is 0. The van der Waals surface area contributed by atoms with Crippen LogP contribution in [0.1, 0.15) is 25.0 Å². The van der Waals surface area contributed by atoms with E-state index in [0.29, 0.717) is 31.6 Å². The maximum atomic E-state index is 13.9. The fraction of sp³-hybridized carbons (Fsp3) is 0.296. The first-order chi connectivity index (χ1) is 17.0. The van der Waals surface area contributed by atoms with Crippen LogP contribution in [0.3, 0.4) is 0 Å². The highest BCUT2D eigenvalue weighted by Gasteiger charge is 2.49. The van der Waals surface area contributed by atoms with Gasteiger partial charge in [-0.25, -0.2) is 8.42 Å². The number of carbonyl (C=O) groups excluding carboxylic acids is 1. The van der Waals surface area contributed by atoms with Crippen LogP contribution in [0.2, 0.25) is 0 Å². The minimum absolute atomic E-state index is 0.0999. The molecule has 0 N–H and O–H groups in total. The third-order valence-electron chi connectivity index (χ3n) is 6.90. The average Bonchev–Trinajstić information content (AvgIpc) is 2.97. The van der Waals surface area contributed by atoms with Crippen LogP contribution in [0.4, 0.5) is 0 Å². The van der Waals surface area contributed by atoms with Gasteiger partial charge in [0.05, 0.1) is 17.9 Å². The summed E-state index contributed by atoms with van der Waals surface area (Å²) in [6.07, 6.45) is 6.86. The van der Waals surface area contributed by atoms with Crippen LogP contribution in [0.5, 0.6) is 0 Å². The van der Waals surface area contributed by atoms with Crippen molar-refractivity contribution in [2.24, 2.45) is 5.92 Å². The Morgan fingerprint density at radius 2 is 1.80 bits per heavy atom. The number of fused-ring (bicyclic) bond motifs is 2. The predicted molar refractivity (Wildman–Crippen MR) is 133 cm³/mol. The van der Waals surface area contributed by atoms with E-state index in [1.54, 1.807) is 29.3 Å². The van der Waals surface area contributed by atoms with Crippen LogP contribution < -0.4 is 0 Å². The molecule has 1 aromatic carbocycles. The molecule has 180 valence electrons. The number of rotatable bonds is 6. The normalized spacial score (nSPS) is 23.0. The Morgan fingerprint density at radius 1 is 1.00 bits per heavy atom. The first-order valence-electron chi connectivity index (χ1n) is 11.9. The second-order valence-electron chi connectivity index (χ2n) is 9.03. The van der Waals surface area contributed by atoms with Crippen molar-refractivity contribution in [1.29, 1.82) is 0 Å². The quantitative estimate of drug-likeness (QED) is 0.492. The molecular weight excluding hydrogens is 460 g/mol. The summed E-state index contributed by atoms with van der Waals surface area (Å²) in [4.78, 5) is 24.3. The van der Waals surface area contributed by atoms with Crippen LogP contribution in [0, 0.1) is 5.92 Å². The maximum Gasteiger partial charge on any atom is 0.245 e. The Kier molecular flexibility index (Phi) is 6.49. The number of benzene rings is 1. The fourth-order valence-corrected chi connectivity index (χ4v) is 6.98. The number of nitrogens with zero attached hydrogens (tertiary/aromatic N) is 4.